The van der Waals surface area contributed by atoms with Crippen molar-refractivity contribution in [3.05, 3.63) is 16.1 Å². The molecular weight excluding hydrogens is 381 g/mol. The molecule has 2 N–H and O–H groups in total. The van der Waals surface area contributed by atoms with E-state index < -0.39 is 11.9 Å². The Kier molecular flexibility index (Phi) is 9.29. The predicted octanol–water partition coefficient (Wildman–Crippen LogP) is 2.70. The average molecular weight is 408 g/mol. The summed E-state index contributed by atoms with van der Waals surface area (Å²) in [6.45, 7) is 6.75. The molecule has 2 rings (SSSR count). The van der Waals surface area contributed by atoms with Crippen molar-refractivity contribution in [1.29, 1.82) is 0 Å². The molecule has 0 bridgehead atoms. The summed E-state index contributed by atoms with van der Waals surface area (Å²) in [7, 11) is 0. The Hall–Kier alpha value is -1.39. The van der Waals surface area contributed by atoms with Crippen LogP contribution in [0.5, 0.6) is 0 Å². The summed E-state index contributed by atoms with van der Waals surface area (Å²) >= 11 is 1.02. The van der Waals surface area contributed by atoms with Gasteiger partial charge in [-0.25, -0.2) is 4.98 Å². The third kappa shape index (κ3) is 8.44. The molecule has 0 saturated carbocycles. The second kappa shape index (κ2) is 11.5. The van der Waals surface area contributed by atoms with Crippen LogP contribution in [0.2, 0.25) is 0 Å². The van der Waals surface area contributed by atoms with Gasteiger partial charge in [0.05, 0.1) is 18.2 Å². The number of aliphatic imine (C=N–C) groups is 1. The van der Waals surface area contributed by atoms with Crippen molar-refractivity contribution in [1.82, 2.24) is 15.6 Å². The van der Waals surface area contributed by atoms with Gasteiger partial charge in [-0.3, -0.25) is 4.99 Å². The Morgan fingerprint density at radius 2 is 2.30 bits per heavy atom. The number of aromatic nitrogens is 1. The lowest BCUT2D eigenvalue weighted by atomic mass is 10.1. The number of thiazole rings is 1. The molecule has 1 atom stereocenters. The largest absolute Gasteiger partial charge is 0.434 e. The third-order valence-electron chi connectivity index (χ3n) is 3.91. The van der Waals surface area contributed by atoms with Crippen molar-refractivity contribution in [2.75, 3.05) is 46.1 Å². The van der Waals surface area contributed by atoms with E-state index in [4.69, 9.17) is 9.47 Å². The van der Waals surface area contributed by atoms with Crippen molar-refractivity contribution >= 4 is 17.3 Å². The van der Waals surface area contributed by atoms with Gasteiger partial charge in [0.15, 0.2) is 11.7 Å². The number of ether oxygens (including phenoxy) is 2. The molecule has 0 amide bonds. The minimum absolute atomic E-state index is 0.414. The van der Waals surface area contributed by atoms with Crippen LogP contribution in [0.4, 0.5) is 13.2 Å². The van der Waals surface area contributed by atoms with E-state index in [0.29, 0.717) is 49.5 Å². The highest BCUT2D eigenvalue weighted by Gasteiger charge is 2.33. The smallest absolute Gasteiger partial charge is 0.381 e. The molecule has 0 spiro atoms. The Balaban J connectivity index is 1.63. The molecule has 6 nitrogen and oxygen atoms in total. The molecule has 1 fully saturated rings. The maximum Gasteiger partial charge on any atom is 0.434 e. The number of alkyl halides is 3. The molecule has 0 radical (unpaired) electrons. The average Bonchev–Trinajstić information content (AvgIpc) is 3.29. The zero-order chi connectivity index (χ0) is 19.5. The van der Waals surface area contributed by atoms with Gasteiger partial charge < -0.3 is 20.1 Å². The Morgan fingerprint density at radius 3 is 2.96 bits per heavy atom. The molecule has 0 aromatic carbocycles. The zero-order valence-corrected chi connectivity index (χ0v) is 16.3. The zero-order valence-electron chi connectivity index (χ0n) is 15.5. The predicted molar refractivity (Wildman–Crippen MR) is 99.2 cm³/mol. The molecule has 1 saturated heterocycles. The van der Waals surface area contributed by atoms with Crippen LogP contribution in [0.25, 0.3) is 0 Å². The van der Waals surface area contributed by atoms with Gasteiger partial charge >= 0.3 is 6.18 Å². The molecule has 2 heterocycles. The van der Waals surface area contributed by atoms with Gasteiger partial charge in [-0.15, -0.1) is 11.3 Å². The minimum atomic E-state index is -4.38. The van der Waals surface area contributed by atoms with Crippen LogP contribution in [0.15, 0.2) is 10.4 Å². The molecule has 1 aromatic heterocycles. The first kappa shape index (κ1) is 21.9. The maximum atomic E-state index is 12.6. The van der Waals surface area contributed by atoms with Gasteiger partial charge in [0, 0.05) is 50.6 Å². The number of rotatable bonds is 10. The number of hydrogen-bond acceptors (Lipinski definition) is 5. The number of guanidine groups is 1. The lowest BCUT2D eigenvalue weighted by molar-refractivity contribution is -0.140. The Bertz CT molecular complexity index is 575. The van der Waals surface area contributed by atoms with Gasteiger partial charge in [0.2, 0.25) is 0 Å². The van der Waals surface area contributed by atoms with Crippen LogP contribution >= 0.6 is 11.3 Å². The van der Waals surface area contributed by atoms with Gasteiger partial charge in [-0.2, -0.15) is 13.2 Å². The molecule has 1 aliphatic rings. The summed E-state index contributed by atoms with van der Waals surface area (Å²) < 4.78 is 48.6. The molecule has 1 aromatic rings. The standard InChI is InChI=1S/C17H27F3N4O2S/c1-2-21-16(22-6-3-8-25-10-13-5-9-26-11-13)23-7-4-15-24-14(12-27-15)17(18,19)20/h12-13H,2-11H2,1H3,(H2,21,22,23). The molecule has 154 valence electrons. The Labute approximate surface area is 161 Å². The molecule has 27 heavy (non-hydrogen) atoms. The molecular formula is C17H27F3N4O2S. The second-order valence-corrected chi connectivity index (χ2v) is 7.16. The molecule has 0 aliphatic carbocycles. The number of nitrogens with zero attached hydrogens (tertiary/aromatic N) is 2. The fourth-order valence-electron chi connectivity index (χ4n) is 2.51. The lowest BCUT2D eigenvalue weighted by Crippen LogP contribution is -2.38. The molecule has 1 unspecified atom stereocenters. The van der Waals surface area contributed by atoms with Crippen LogP contribution in [-0.2, 0) is 22.1 Å². The first-order valence-electron chi connectivity index (χ1n) is 9.18. The number of nitrogens with one attached hydrogen (secondary N) is 2. The fourth-order valence-corrected chi connectivity index (χ4v) is 3.31. The van der Waals surface area contributed by atoms with E-state index in [1.54, 1.807) is 0 Å². The van der Waals surface area contributed by atoms with Crippen molar-refractivity contribution in [3.8, 4) is 0 Å². The van der Waals surface area contributed by atoms with Gasteiger partial charge in [0.25, 0.3) is 0 Å². The first-order valence-corrected chi connectivity index (χ1v) is 10.1. The quantitative estimate of drug-likeness (QED) is 0.354. The van der Waals surface area contributed by atoms with Crippen molar-refractivity contribution in [2.24, 2.45) is 10.9 Å². The monoisotopic (exact) mass is 408 g/mol. The fraction of sp³-hybridized carbons (Fsp3) is 0.765. The van der Waals surface area contributed by atoms with Crippen molar-refractivity contribution < 1.29 is 22.6 Å². The minimum Gasteiger partial charge on any atom is -0.381 e. The van der Waals surface area contributed by atoms with E-state index in [-0.39, 0.29) is 0 Å². The summed E-state index contributed by atoms with van der Waals surface area (Å²) in [6.07, 6.45) is -2.09. The maximum absolute atomic E-state index is 12.6. The van der Waals surface area contributed by atoms with Gasteiger partial charge in [0.1, 0.15) is 0 Å². The molecule has 10 heteroatoms. The summed E-state index contributed by atoms with van der Waals surface area (Å²) in [5.41, 5.74) is -0.827. The topological polar surface area (TPSA) is 67.8 Å². The second-order valence-electron chi connectivity index (χ2n) is 6.22. The highest BCUT2D eigenvalue weighted by atomic mass is 32.1. The van der Waals surface area contributed by atoms with E-state index in [0.717, 1.165) is 49.4 Å². The number of hydrogen-bond donors (Lipinski definition) is 2. The van der Waals surface area contributed by atoms with Gasteiger partial charge in [-0.05, 0) is 19.8 Å². The van der Waals surface area contributed by atoms with E-state index in [9.17, 15) is 13.2 Å². The first-order chi connectivity index (χ1) is 13.0. The highest BCUT2D eigenvalue weighted by Crippen LogP contribution is 2.29. The summed E-state index contributed by atoms with van der Waals surface area (Å²) in [6, 6.07) is 0. The molecule has 1 aliphatic heterocycles. The van der Waals surface area contributed by atoms with Crippen LogP contribution in [0, 0.1) is 5.92 Å². The van der Waals surface area contributed by atoms with Crippen LogP contribution < -0.4 is 10.6 Å². The van der Waals surface area contributed by atoms with E-state index in [1.165, 1.54) is 0 Å². The van der Waals surface area contributed by atoms with Crippen LogP contribution in [0.3, 0.4) is 0 Å². The highest BCUT2D eigenvalue weighted by molar-refractivity contribution is 7.09. The van der Waals surface area contributed by atoms with Crippen molar-refractivity contribution in [2.45, 2.75) is 32.4 Å². The summed E-state index contributed by atoms with van der Waals surface area (Å²) in [5, 5.41) is 7.74. The van der Waals surface area contributed by atoms with Gasteiger partial charge in [-0.1, -0.05) is 0 Å². The van der Waals surface area contributed by atoms with E-state index >= 15 is 0 Å². The third-order valence-corrected chi connectivity index (χ3v) is 4.82. The van der Waals surface area contributed by atoms with Crippen LogP contribution in [0.1, 0.15) is 30.5 Å². The SMILES string of the molecule is CCNC(=NCCCOCC1CCOC1)NCCc1nc(C(F)(F)F)cs1. The summed E-state index contributed by atoms with van der Waals surface area (Å²) in [4.78, 5) is 8.07. The Morgan fingerprint density at radius 1 is 1.44 bits per heavy atom. The van der Waals surface area contributed by atoms with E-state index in [1.807, 2.05) is 6.92 Å². The van der Waals surface area contributed by atoms with Crippen LogP contribution in [-0.4, -0.2) is 57.0 Å². The lowest BCUT2D eigenvalue weighted by Gasteiger charge is -2.11. The normalized spacial score (nSPS) is 18.1. The number of halogens is 3. The van der Waals surface area contributed by atoms with Crippen molar-refractivity contribution in [3.63, 3.8) is 0 Å². The van der Waals surface area contributed by atoms with E-state index in [2.05, 4.69) is 20.6 Å². The summed E-state index contributed by atoms with van der Waals surface area (Å²) in [5.74, 6) is 1.16.